The van der Waals surface area contributed by atoms with E-state index in [-0.39, 0.29) is 5.82 Å². The van der Waals surface area contributed by atoms with E-state index in [1.54, 1.807) is 12.1 Å². The van der Waals surface area contributed by atoms with Crippen LogP contribution in [0, 0.1) is 5.82 Å². The summed E-state index contributed by atoms with van der Waals surface area (Å²) in [6.07, 6.45) is 0. The van der Waals surface area contributed by atoms with E-state index < -0.39 is 0 Å². The third kappa shape index (κ3) is 3.44. The Morgan fingerprint density at radius 1 is 1.43 bits per heavy atom. The molecule has 0 bridgehead atoms. The molecule has 0 heterocycles. The Hall–Kier alpha value is -0.930. The van der Waals surface area contributed by atoms with Gasteiger partial charge in [0.15, 0.2) is 0 Å². The van der Waals surface area contributed by atoms with Crippen LogP contribution in [0.15, 0.2) is 24.3 Å². The van der Waals surface area contributed by atoms with Crippen LogP contribution in [0.4, 0.5) is 4.39 Å². The molecule has 1 aromatic carbocycles. The SMILES string of the molecule is CCN(CCN)Cc1cccc(F)c1. The molecular formula is C11H17FN2. The van der Waals surface area contributed by atoms with Gasteiger partial charge in [0.05, 0.1) is 0 Å². The molecule has 0 unspecified atom stereocenters. The number of nitrogens with two attached hydrogens (primary N) is 1. The van der Waals surface area contributed by atoms with E-state index in [1.807, 2.05) is 6.07 Å². The Morgan fingerprint density at radius 3 is 2.79 bits per heavy atom. The zero-order chi connectivity index (χ0) is 10.4. The number of hydrogen-bond donors (Lipinski definition) is 1. The van der Waals surface area contributed by atoms with Crippen molar-refractivity contribution in [1.82, 2.24) is 4.90 Å². The minimum Gasteiger partial charge on any atom is -0.329 e. The number of benzene rings is 1. The maximum Gasteiger partial charge on any atom is 0.123 e. The summed E-state index contributed by atoms with van der Waals surface area (Å²) in [5, 5.41) is 0. The van der Waals surface area contributed by atoms with Crippen molar-refractivity contribution in [3.63, 3.8) is 0 Å². The summed E-state index contributed by atoms with van der Waals surface area (Å²) >= 11 is 0. The summed E-state index contributed by atoms with van der Waals surface area (Å²) in [7, 11) is 0. The van der Waals surface area contributed by atoms with Crippen LogP contribution in [0.25, 0.3) is 0 Å². The predicted molar refractivity (Wildman–Crippen MR) is 56.4 cm³/mol. The average molecular weight is 196 g/mol. The molecule has 3 heteroatoms. The normalized spacial score (nSPS) is 10.9. The van der Waals surface area contributed by atoms with Crippen LogP contribution in [0.3, 0.4) is 0 Å². The van der Waals surface area contributed by atoms with Crippen LogP contribution in [0.5, 0.6) is 0 Å². The third-order valence-electron chi connectivity index (χ3n) is 2.19. The molecule has 0 saturated heterocycles. The maximum absolute atomic E-state index is 12.9. The Morgan fingerprint density at radius 2 is 2.21 bits per heavy atom. The fourth-order valence-corrected chi connectivity index (χ4v) is 1.43. The van der Waals surface area contributed by atoms with Crippen molar-refractivity contribution in [2.24, 2.45) is 5.73 Å². The van der Waals surface area contributed by atoms with E-state index in [0.29, 0.717) is 6.54 Å². The molecule has 0 amide bonds. The van der Waals surface area contributed by atoms with Crippen molar-refractivity contribution in [1.29, 1.82) is 0 Å². The Labute approximate surface area is 84.5 Å². The smallest absolute Gasteiger partial charge is 0.123 e. The summed E-state index contributed by atoms with van der Waals surface area (Å²) in [6, 6.07) is 6.70. The predicted octanol–water partition coefficient (Wildman–Crippen LogP) is 1.61. The second-order valence-electron chi connectivity index (χ2n) is 3.29. The Kier molecular flexibility index (Phi) is 4.56. The molecule has 0 aliphatic carbocycles. The van der Waals surface area contributed by atoms with Gasteiger partial charge in [-0.25, -0.2) is 4.39 Å². The molecule has 0 saturated carbocycles. The summed E-state index contributed by atoms with van der Waals surface area (Å²) in [5.74, 6) is -0.175. The number of likely N-dealkylation sites (N-methyl/N-ethyl adjacent to an activating group) is 1. The van der Waals surface area contributed by atoms with Crippen LogP contribution in [-0.2, 0) is 6.54 Å². The molecule has 1 rings (SSSR count). The standard InChI is InChI=1S/C11H17FN2/c1-2-14(7-6-13)9-10-4-3-5-11(12)8-10/h3-5,8H,2,6-7,9,13H2,1H3. The molecule has 2 N–H and O–H groups in total. The van der Waals surface area contributed by atoms with Gasteiger partial charge in [-0.15, -0.1) is 0 Å². The first kappa shape index (κ1) is 11.1. The van der Waals surface area contributed by atoms with Gasteiger partial charge in [0, 0.05) is 19.6 Å². The molecule has 0 aromatic heterocycles. The zero-order valence-electron chi connectivity index (χ0n) is 8.54. The molecule has 0 aliphatic heterocycles. The van der Waals surface area contributed by atoms with Crippen LogP contribution >= 0.6 is 0 Å². The van der Waals surface area contributed by atoms with Gasteiger partial charge in [-0.1, -0.05) is 19.1 Å². The first-order chi connectivity index (χ1) is 6.76. The molecule has 0 aliphatic rings. The topological polar surface area (TPSA) is 29.3 Å². The van der Waals surface area contributed by atoms with Crippen molar-refractivity contribution in [3.05, 3.63) is 35.6 Å². The monoisotopic (exact) mass is 196 g/mol. The summed E-state index contributed by atoms with van der Waals surface area (Å²) in [5.41, 5.74) is 6.47. The van der Waals surface area contributed by atoms with Gasteiger partial charge in [0.25, 0.3) is 0 Å². The van der Waals surface area contributed by atoms with Crippen molar-refractivity contribution >= 4 is 0 Å². The largest absolute Gasteiger partial charge is 0.329 e. The van der Waals surface area contributed by atoms with Gasteiger partial charge in [-0.3, -0.25) is 4.90 Å². The first-order valence-electron chi connectivity index (χ1n) is 4.93. The highest BCUT2D eigenvalue weighted by atomic mass is 19.1. The van der Waals surface area contributed by atoms with Gasteiger partial charge in [-0.05, 0) is 24.2 Å². The van der Waals surface area contributed by atoms with Crippen LogP contribution in [0.2, 0.25) is 0 Å². The Bertz CT molecular complexity index is 276. The van der Waals surface area contributed by atoms with Crippen molar-refractivity contribution in [2.75, 3.05) is 19.6 Å². The van der Waals surface area contributed by atoms with Crippen LogP contribution in [-0.4, -0.2) is 24.5 Å². The lowest BCUT2D eigenvalue weighted by atomic mass is 10.2. The number of rotatable bonds is 5. The summed E-state index contributed by atoms with van der Waals surface area (Å²) in [6.45, 7) is 5.28. The summed E-state index contributed by atoms with van der Waals surface area (Å²) < 4.78 is 12.9. The lowest BCUT2D eigenvalue weighted by Crippen LogP contribution is -2.28. The summed E-state index contributed by atoms with van der Waals surface area (Å²) in [4.78, 5) is 2.19. The molecule has 14 heavy (non-hydrogen) atoms. The second-order valence-corrected chi connectivity index (χ2v) is 3.29. The minimum atomic E-state index is -0.175. The number of nitrogens with zero attached hydrogens (tertiary/aromatic N) is 1. The molecule has 0 spiro atoms. The molecular weight excluding hydrogens is 179 g/mol. The number of halogens is 1. The van der Waals surface area contributed by atoms with Gasteiger partial charge in [-0.2, -0.15) is 0 Å². The van der Waals surface area contributed by atoms with Crippen molar-refractivity contribution in [2.45, 2.75) is 13.5 Å². The molecule has 2 nitrogen and oxygen atoms in total. The van der Waals surface area contributed by atoms with Crippen molar-refractivity contribution < 1.29 is 4.39 Å². The van der Waals surface area contributed by atoms with E-state index >= 15 is 0 Å². The first-order valence-corrected chi connectivity index (χ1v) is 4.93. The lowest BCUT2D eigenvalue weighted by Gasteiger charge is -2.19. The van der Waals surface area contributed by atoms with E-state index in [2.05, 4.69) is 11.8 Å². The fourth-order valence-electron chi connectivity index (χ4n) is 1.43. The molecule has 0 atom stereocenters. The fraction of sp³-hybridized carbons (Fsp3) is 0.455. The molecule has 0 radical (unpaired) electrons. The van der Waals surface area contributed by atoms with E-state index in [0.717, 1.165) is 25.2 Å². The molecule has 0 fully saturated rings. The quantitative estimate of drug-likeness (QED) is 0.775. The second kappa shape index (κ2) is 5.73. The lowest BCUT2D eigenvalue weighted by molar-refractivity contribution is 0.288. The van der Waals surface area contributed by atoms with Gasteiger partial charge < -0.3 is 5.73 Å². The average Bonchev–Trinajstić information content (AvgIpc) is 2.17. The van der Waals surface area contributed by atoms with Gasteiger partial charge in [0.2, 0.25) is 0 Å². The van der Waals surface area contributed by atoms with Crippen LogP contribution < -0.4 is 5.73 Å². The van der Waals surface area contributed by atoms with Gasteiger partial charge >= 0.3 is 0 Å². The van der Waals surface area contributed by atoms with E-state index in [9.17, 15) is 4.39 Å². The molecule has 78 valence electrons. The minimum absolute atomic E-state index is 0.175. The Balaban J connectivity index is 2.57. The van der Waals surface area contributed by atoms with Crippen LogP contribution in [0.1, 0.15) is 12.5 Å². The number of hydrogen-bond acceptors (Lipinski definition) is 2. The maximum atomic E-state index is 12.9. The van der Waals surface area contributed by atoms with Gasteiger partial charge in [0.1, 0.15) is 5.82 Å². The zero-order valence-corrected chi connectivity index (χ0v) is 8.54. The molecule has 1 aromatic rings. The highest BCUT2D eigenvalue weighted by Gasteiger charge is 2.02. The van der Waals surface area contributed by atoms with Crippen molar-refractivity contribution in [3.8, 4) is 0 Å². The highest BCUT2D eigenvalue weighted by molar-refractivity contribution is 5.16. The van der Waals surface area contributed by atoms with E-state index in [1.165, 1.54) is 6.07 Å². The highest BCUT2D eigenvalue weighted by Crippen LogP contribution is 2.06. The van der Waals surface area contributed by atoms with E-state index in [4.69, 9.17) is 5.73 Å². The third-order valence-corrected chi connectivity index (χ3v) is 2.19.